The molecule has 1 aliphatic carbocycles. The van der Waals surface area contributed by atoms with Crippen LogP contribution in [-0.4, -0.2) is 22.8 Å². The molecule has 0 fully saturated rings. The van der Waals surface area contributed by atoms with Crippen molar-refractivity contribution in [2.75, 3.05) is 6.61 Å². The van der Waals surface area contributed by atoms with Gasteiger partial charge in [-0.25, -0.2) is 4.79 Å². The summed E-state index contributed by atoms with van der Waals surface area (Å²) in [4.78, 5) is 11.3. The largest absolute Gasteiger partial charge is 0.478 e. The Bertz CT molecular complexity index is 625. The Kier molecular flexibility index (Phi) is 7.43. The molecule has 0 saturated heterocycles. The Morgan fingerprint density at radius 1 is 1.25 bits per heavy atom. The highest BCUT2D eigenvalue weighted by Gasteiger charge is 2.26. The molecule has 0 radical (unpaired) electrons. The molecule has 3 nitrogen and oxygen atoms in total. The van der Waals surface area contributed by atoms with Crippen LogP contribution in [0.5, 0.6) is 0 Å². The fourth-order valence-corrected chi connectivity index (χ4v) is 3.11. The van der Waals surface area contributed by atoms with Crippen molar-refractivity contribution in [3.63, 3.8) is 0 Å². The average molecular weight is 330 g/mol. The number of carboxylic acids is 1. The molecule has 2 N–H and O–H groups in total. The van der Waals surface area contributed by atoms with E-state index in [0.29, 0.717) is 5.57 Å². The molecule has 0 aromatic rings. The minimum Gasteiger partial charge on any atom is -0.478 e. The maximum absolute atomic E-state index is 11.3. The molecule has 0 spiro atoms. The second-order valence-corrected chi connectivity index (χ2v) is 7.13. The van der Waals surface area contributed by atoms with Crippen molar-refractivity contribution in [2.45, 2.75) is 53.9 Å². The first-order valence-corrected chi connectivity index (χ1v) is 8.47. The molecule has 0 aromatic heterocycles. The second kappa shape index (κ2) is 8.84. The maximum atomic E-state index is 11.3. The molecule has 132 valence electrons. The van der Waals surface area contributed by atoms with Gasteiger partial charge >= 0.3 is 5.97 Å². The molecule has 0 amide bonds. The van der Waals surface area contributed by atoms with Crippen LogP contribution in [-0.2, 0) is 4.79 Å². The van der Waals surface area contributed by atoms with Crippen LogP contribution in [0.2, 0.25) is 0 Å². The van der Waals surface area contributed by atoms with Crippen LogP contribution in [0.25, 0.3) is 0 Å². The summed E-state index contributed by atoms with van der Waals surface area (Å²) in [5, 5.41) is 18.2. The minimum atomic E-state index is -0.989. The van der Waals surface area contributed by atoms with E-state index in [-0.39, 0.29) is 17.6 Å². The molecule has 0 heterocycles. The van der Waals surface area contributed by atoms with Gasteiger partial charge in [-0.1, -0.05) is 49.3 Å². The van der Waals surface area contributed by atoms with Crippen LogP contribution >= 0.6 is 0 Å². The predicted molar refractivity (Wildman–Crippen MR) is 99.8 cm³/mol. The Hall–Kier alpha value is -1.87. The molecule has 1 aliphatic rings. The number of allylic oxidation sites excluding steroid dienone is 7. The van der Waals surface area contributed by atoms with E-state index in [1.807, 2.05) is 13.0 Å². The van der Waals surface area contributed by atoms with Crippen molar-refractivity contribution < 1.29 is 15.0 Å². The summed E-state index contributed by atoms with van der Waals surface area (Å²) in [7, 11) is 0. The molecule has 0 bridgehead atoms. The van der Waals surface area contributed by atoms with Gasteiger partial charge in [0, 0.05) is 0 Å². The lowest BCUT2D eigenvalue weighted by atomic mass is 9.72. The quantitative estimate of drug-likeness (QED) is 0.534. The van der Waals surface area contributed by atoms with E-state index >= 15 is 0 Å². The number of carbonyl (C=O) groups is 1. The van der Waals surface area contributed by atoms with E-state index in [2.05, 4.69) is 26.8 Å². The number of aliphatic carboxylic acids is 1. The lowest BCUT2D eigenvalue weighted by Gasteiger charge is -2.32. The molecule has 1 rings (SSSR count). The van der Waals surface area contributed by atoms with Gasteiger partial charge in [0.25, 0.3) is 0 Å². The van der Waals surface area contributed by atoms with E-state index in [1.165, 1.54) is 30.1 Å². The van der Waals surface area contributed by atoms with Crippen molar-refractivity contribution in [1.29, 1.82) is 0 Å². The molecule has 0 aliphatic heterocycles. The van der Waals surface area contributed by atoms with Crippen LogP contribution in [0.4, 0.5) is 0 Å². The highest BCUT2D eigenvalue weighted by molar-refractivity contribution is 5.91. The SMILES string of the molecule is CC1=C(/C=C/C(C)=C/C=C(C(=O)O)\C(C)=C/CO)C(C)(C)CCC1. The monoisotopic (exact) mass is 330 g/mol. The Labute approximate surface area is 145 Å². The van der Waals surface area contributed by atoms with Crippen LogP contribution < -0.4 is 0 Å². The maximum Gasteiger partial charge on any atom is 0.335 e. The molecule has 0 saturated carbocycles. The molecular formula is C21H30O3. The zero-order valence-corrected chi connectivity index (χ0v) is 15.5. The van der Waals surface area contributed by atoms with E-state index < -0.39 is 5.97 Å². The normalized spacial score (nSPS) is 20.0. The van der Waals surface area contributed by atoms with Gasteiger partial charge in [0.1, 0.15) is 0 Å². The number of hydrogen-bond donors (Lipinski definition) is 2. The highest BCUT2D eigenvalue weighted by Crippen LogP contribution is 2.40. The fraction of sp³-hybridized carbons (Fsp3) is 0.476. The molecular weight excluding hydrogens is 300 g/mol. The number of aliphatic hydroxyl groups excluding tert-OH is 1. The number of rotatable bonds is 6. The summed E-state index contributed by atoms with van der Waals surface area (Å²) in [6, 6.07) is 0. The molecule has 0 aromatic carbocycles. The number of carboxylic acid groups (broad SMARTS) is 1. The van der Waals surface area contributed by atoms with Crippen molar-refractivity contribution in [3.8, 4) is 0 Å². The van der Waals surface area contributed by atoms with Gasteiger partial charge < -0.3 is 10.2 Å². The zero-order chi connectivity index (χ0) is 18.3. The molecule has 0 atom stereocenters. The first kappa shape index (κ1) is 20.2. The van der Waals surface area contributed by atoms with Crippen LogP contribution in [0.1, 0.15) is 53.9 Å². The third kappa shape index (κ3) is 5.64. The third-order valence-electron chi connectivity index (χ3n) is 4.62. The minimum absolute atomic E-state index is 0.165. The Morgan fingerprint density at radius 3 is 2.46 bits per heavy atom. The van der Waals surface area contributed by atoms with Crippen molar-refractivity contribution >= 4 is 5.97 Å². The standard InChI is InChI=1S/C21H30O3/c1-15(8-10-18(20(23)24)16(2)12-14-22)9-11-19-17(3)7-6-13-21(19,4)5/h8-12,22H,6-7,13-14H2,1-5H3,(H,23,24)/b11-9+,15-8+,16-12-,18-10+. The van der Waals surface area contributed by atoms with Gasteiger partial charge in [0.05, 0.1) is 12.2 Å². The second-order valence-electron chi connectivity index (χ2n) is 7.13. The summed E-state index contributed by atoms with van der Waals surface area (Å²) in [6.45, 7) is 10.2. The topological polar surface area (TPSA) is 57.5 Å². The first-order valence-electron chi connectivity index (χ1n) is 8.47. The molecule has 3 heteroatoms. The van der Waals surface area contributed by atoms with E-state index in [0.717, 1.165) is 12.0 Å². The van der Waals surface area contributed by atoms with Crippen LogP contribution in [0.15, 0.2) is 58.2 Å². The van der Waals surface area contributed by atoms with Crippen LogP contribution in [0, 0.1) is 5.41 Å². The van der Waals surface area contributed by atoms with E-state index in [1.54, 1.807) is 19.1 Å². The van der Waals surface area contributed by atoms with Crippen LogP contribution in [0.3, 0.4) is 0 Å². The van der Waals surface area contributed by atoms with Gasteiger partial charge in [-0.2, -0.15) is 0 Å². The third-order valence-corrected chi connectivity index (χ3v) is 4.62. The smallest absolute Gasteiger partial charge is 0.335 e. The fourth-order valence-electron chi connectivity index (χ4n) is 3.11. The van der Waals surface area contributed by atoms with Gasteiger partial charge in [-0.15, -0.1) is 0 Å². The lowest BCUT2D eigenvalue weighted by molar-refractivity contribution is -0.132. The first-order chi connectivity index (χ1) is 11.2. The lowest BCUT2D eigenvalue weighted by Crippen LogP contribution is -2.19. The van der Waals surface area contributed by atoms with Gasteiger partial charge in [-0.05, 0) is 62.7 Å². The predicted octanol–water partition coefficient (Wildman–Crippen LogP) is 4.97. The van der Waals surface area contributed by atoms with Crippen molar-refractivity contribution in [3.05, 3.63) is 58.2 Å². The summed E-state index contributed by atoms with van der Waals surface area (Å²) < 4.78 is 0. The van der Waals surface area contributed by atoms with Crippen molar-refractivity contribution in [1.82, 2.24) is 0 Å². The summed E-state index contributed by atoms with van der Waals surface area (Å²) in [5.41, 5.74) is 4.78. The van der Waals surface area contributed by atoms with Gasteiger partial charge in [-0.3, -0.25) is 0 Å². The van der Waals surface area contributed by atoms with Crippen molar-refractivity contribution in [2.24, 2.45) is 5.41 Å². The summed E-state index contributed by atoms with van der Waals surface area (Å²) in [6.07, 6.45) is 12.7. The summed E-state index contributed by atoms with van der Waals surface area (Å²) in [5.74, 6) is -0.989. The van der Waals surface area contributed by atoms with E-state index in [9.17, 15) is 9.90 Å². The number of aliphatic hydroxyl groups is 1. The Morgan fingerprint density at radius 2 is 1.92 bits per heavy atom. The summed E-state index contributed by atoms with van der Waals surface area (Å²) >= 11 is 0. The molecule has 24 heavy (non-hydrogen) atoms. The average Bonchev–Trinajstić information content (AvgIpc) is 2.46. The Balaban J connectivity index is 3.03. The highest BCUT2D eigenvalue weighted by atomic mass is 16.4. The molecule has 0 unspecified atom stereocenters. The number of hydrogen-bond acceptors (Lipinski definition) is 2. The van der Waals surface area contributed by atoms with Gasteiger partial charge in [0.2, 0.25) is 0 Å². The zero-order valence-electron chi connectivity index (χ0n) is 15.5. The van der Waals surface area contributed by atoms with Gasteiger partial charge in [0.15, 0.2) is 0 Å². The van der Waals surface area contributed by atoms with E-state index in [4.69, 9.17) is 5.11 Å².